The van der Waals surface area contributed by atoms with Crippen LogP contribution < -0.4 is 4.90 Å². The maximum atomic E-state index is 13.2. The molecule has 1 amide bonds. The summed E-state index contributed by atoms with van der Waals surface area (Å²) in [6, 6.07) is 17.0. The highest BCUT2D eigenvalue weighted by Gasteiger charge is 2.34. The summed E-state index contributed by atoms with van der Waals surface area (Å²) < 4.78 is 0. The van der Waals surface area contributed by atoms with Crippen molar-refractivity contribution in [3.05, 3.63) is 90.0 Å². The second kappa shape index (κ2) is 6.28. The number of amides is 1. The number of ketones is 1. The molecule has 0 unspecified atom stereocenters. The Morgan fingerprint density at radius 3 is 2.08 bits per heavy atom. The molecule has 0 fully saturated rings. The Kier molecular flexibility index (Phi) is 4.17. The van der Waals surface area contributed by atoms with Gasteiger partial charge in [-0.2, -0.15) is 0 Å². The molecule has 1 aliphatic carbocycles. The molecule has 0 bridgehead atoms. The SMILES string of the molecule is Cc1ccc(N(C(=O)c2ccccc2)C2(C)C=CC(=O)C=C2)cc1. The summed E-state index contributed by atoms with van der Waals surface area (Å²) in [5.41, 5.74) is 1.83. The fourth-order valence-corrected chi connectivity index (χ4v) is 2.78. The zero-order valence-electron chi connectivity index (χ0n) is 13.8. The molecule has 3 heteroatoms. The van der Waals surface area contributed by atoms with Crippen molar-refractivity contribution < 1.29 is 9.59 Å². The maximum absolute atomic E-state index is 13.2. The third-order valence-corrected chi connectivity index (χ3v) is 4.17. The van der Waals surface area contributed by atoms with Crippen LogP contribution in [0.1, 0.15) is 22.8 Å². The zero-order valence-corrected chi connectivity index (χ0v) is 13.8. The number of rotatable bonds is 3. The van der Waals surface area contributed by atoms with Crippen LogP contribution >= 0.6 is 0 Å². The highest BCUT2D eigenvalue weighted by Crippen LogP contribution is 2.30. The van der Waals surface area contributed by atoms with Gasteiger partial charge in [-0.3, -0.25) is 14.5 Å². The number of aryl methyl sites for hydroxylation is 1. The first kappa shape index (κ1) is 15.9. The van der Waals surface area contributed by atoms with Crippen molar-refractivity contribution >= 4 is 17.4 Å². The molecule has 0 heterocycles. The van der Waals surface area contributed by atoms with Gasteiger partial charge in [0.05, 0.1) is 5.54 Å². The Labute approximate surface area is 141 Å². The number of nitrogens with zero attached hydrogens (tertiary/aromatic N) is 1. The van der Waals surface area contributed by atoms with Crippen LogP contribution in [0.25, 0.3) is 0 Å². The van der Waals surface area contributed by atoms with Crippen LogP contribution in [0.4, 0.5) is 5.69 Å². The van der Waals surface area contributed by atoms with Crippen molar-refractivity contribution in [2.75, 3.05) is 4.90 Å². The molecule has 0 atom stereocenters. The van der Waals surface area contributed by atoms with Crippen LogP contribution in [0.15, 0.2) is 78.9 Å². The van der Waals surface area contributed by atoms with Gasteiger partial charge in [0.1, 0.15) is 0 Å². The third-order valence-electron chi connectivity index (χ3n) is 4.17. The lowest BCUT2D eigenvalue weighted by Crippen LogP contribution is -2.48. The van der Waals surface area contributed by atoms with Crippen LogP contribution in [0.3, 0.4) is 0 Å². The number of benzene rings is 2. The molecular formula is C21H19NO2. The molecule has 0 radical (unpaired) electrons. The van der Waals surface area contributed by atoms with Crippen molar-refractivity contribution in [2.24, 2.45) is 0 Å². The summed E-state index contributed by atoms with van der Waals surface area (Å²) in [7, 11) is 0. The summed E-state index contributed by atoms with van der Waals surface area (Å²) >= 11 is 0. The number of anilines is 1. The quantitative estimate of drug-likeness (QED) is 0.855. The first-order chi connectivity index (χ1) is 11.5. The predicted molar refractivity (Wildman–Crippen MR) is 96.1 cm³/mol. The van der Waals surface area contributed by atoms with E-state index in [0.717, 1.165) is 11.3 Å². The molecule has 0 aromatic heterocycles. The topological polar surface area (TPSA) is 37.4 Å². The van der Waals surface area contributed by atoms with E-state index in [4.69, 9.17) is 0 Å². The van der Waals surface area contributed by atoms with Gasteiger partial charge >= 0.3 is 0 Å². The minimum absolute atomic E-state index is 0.0662. The van der Waals surface area contributed by atoms with Crippen molar-refractivity contribution in [3.8, 4) is 0 Å². The molecule has 2 aromatic carbocycles. The molecule has 0 aliphatic heterocycles. The predicted octanol–water partition coefficient (Wildman–Crippen LogP) is 4.10. The van der Waals surface area contributed by atoms with Gasteiger partial charge in [0, 0.05) is 11.3 Å². The lowest BCUT2D eigenvalue weighted by molar-refractivity contribution is -0.110. The number of carbonyl (C=O) groups is 2. The van der Waals surface area contributed by atoms with Gasteiger partial charge < -0.3 is 0 Å². The molecule has 1 aliphatic rings. The highest BCUT2D eigenvalue weighted by molar-refractivity contribution is 6.09. The van der Waals surface area contributed by atoms with Gasteiger partial charge in [-0.15, -0.1) is 0 Å². The Hall–Kier alpha value is -2.94. The van der Waals surface area contributed by atoms with Gasteiger partial charge in [-0.05, 0) is 50.3 Å². The molecule has 24 heavy (non-hydrogen) atoms. The summed E-state index contributed by atoms with van der Waals surface area (Å²) in [5, 5.41) is 0. The van der Waals surface area contributed by atoms with Crippen LogP contribution in [-0.2, 0) is 4.79 Å². The lowest BCUT2D eigenvalue weighted by Gasteiger charge is -2.38. The van der Waals surface area contributed by atoms with Crippen LogP contribution in [0.5, 0.6) is 0 Å². The summed E-state index contributed by atoms with van der Waals surface area (Å²) in [6.07, 6.45) is 6.57. The van der Waals surface area contributed by atoms with Crippen LogP contribution in [0, 0.1) is 6.92 Å². The molecule has 3 rings (SSSR count). The monoisotopic (exact) mass is 317 g/mol. The number of allylic oxidation sites excluding steroid dienone is 2. The molecule has 120 valence electrons. The first-order valence-corrected chi connectivity index (χ1v) is 7.88. The Morgan fingerprint density at radius 1 is 0.917 bits per heavy atom. The van der Waals surface area contributed by atoms with E-state index < -0.39 is 5.54 Å². The van der Waals surface area contributed by atoms with Crippen LogP contribution in [0.2, 0.25) is 0 Å². The minimum atomic E-state index is -0.698. The average molecular weight is 317 g/mol. The number of hydrogen-bond donors (Lipinski definition) is 0. The minimum Gasteiger partial charge on any atom is -0.296 e. The second-order valence-corrected chi connectivity index (χ2v) is 6.14. The zero-order chi connectivity index (χ0) is 17.2. The van der Waals surface area contributed by atoms with E-state index >= 15 is 0 Å². The smallest absolute Gasteiger partial charge is 0.259 e. The van der Waals surface area contributed by atoms with E-state index in [-0.39, 0.29) is 11.7 Å². The largest absolute Gasteiger partial charge is 0.296 e. The van der Waals surface area contributed by atoms with E-state index in [0.29, 0.717) is 5.56 Å². The van der Waals surface area contributed by atoms with Gasteiger partial charge in [0.2, 0.25) is 0 Å². The van der Waals surface area contributed by atoms with Crippen molar-refractivity contribution in [1.29, 1.82) is 0 Å². The third kappa shape index (κ3) is 3.06. The van der Waals surface area contributed by atoms with Gasteiger partial charge in [0.15, 0.2) is 5.78 Å². The van der Waals surface area contributed by atoms with Gasteiger partial charge in [-0.25, -0.2) is 0 Å². The Balaban J connectivity index is 2.09. The van der Waals surface area contributed by atoms with Gasteiger partial charge in [0.25, 0.3) is 5.91 Å². The molecule has 0 saturated carbocycles. The van der Waals surface area contributed by atoms with E-state index in [2.05, 4.69) is 0 Å². The molecule has 0 N–H and O–H groups in total. The van der Waals surface area contributed by atoms with Crippen LogP contribution in [-0.4, -0.2) is 17.2 Å². The van der Waals surface area contributed by atoms with E-state index in [1.165, 1.54) is 12.2 Å². The molecule has 0 saturated heterocycles. The Morgan fingerprint density at radius 2 is 1.50 bits per heavy atom. The maximum Gasteiger partial charge on any atom is 0.259 e. The number of hydrogen-bond acceptors (Lipinski definition) is 2. The second-order valence-electron chi connectivity index (χ2n) is 6.14. The molecular weight excluding hydrogens is 298 g/mol. The van der Waals surface area contributed by atoms with E-state index in [9.17, 15) is 9.59 Å². The van der Waals surface area contributed by atoms with Gasteiger partial charge in [-0.1, -0.05) is 48.0 Å². The van der Waals surface area contributed by atoms with E-state index in [1.54, 1.807) is 29.2 Å². The summed E-state index contributed by atoms with van der Waals surface area (Å²) in [5.74, 6) is -0.172. The lowest BCUT2D eigenvalue weighted by atomic mass is 9.92. The van der Waals surface area contributed by atoms with E-state index in [1.807, 2.05) is 56.3 Å². The van der Waals surface area contributed by atoms with Crippen molar-refractivity contribution in [3.63, 3.8) is 0 Å². The fraction of sp³-hybridized carbons (Fsp3) is 0.143. The average Bonchev–Trinajstić information content (AvgIpc) is 2.60. The standard InChI is InChI=1S/C21H19NO2/c1-16-8-10-18(11-9-16)22(20(24)17-6-4-3-5-7-17)21(2)14-12-19(23)13-15-21/h3-15H,1-2H3. The molecule has 2 aromatic rings. The molecule has 3 nitrogen and oxygen atoms in total. The van der Waals surface area contributed by atoms with Crippen molar-refractivity contribution in [1.82, 2.24) is 0 Å². The summed E-state index contributed by atoms with van der Waals surface area (Å²) in [4.78, 5) is 26.4. The molecule has 0 spiro atoms. The van der Waals surface area contributed by atoms with Crippen molar-refractivity contribution in [2.45, 2.75) is 19.4 Å². The fourth-order valence-electron chi connectivity index (χ4n) is 2.78. The normalized spacial score (nSPS) is 15.3. The Bertz CT molecular complexity index is 801. The number of carbonyl (C=O) groups excluding carboxylic acids is 2. The first-order valence-electron chi connectivity index (χ1n) is 7.88. The summed E-state index contributed by atoms with van der Waals surface area (Å²) in [6.45, 7) is 3.93. The highest BCUT2D eigenvalue weighted by atomic mass is 16.2.